The maximum atomic E-state index is 11.4. The fourth-order valence-corrected chi connectivity index (χ4v) is 2.37. The van der Waals surface area contributed by atoms with Gasteiger partial charge in [-0.3, -0.25) is 0 Å². The van der Waals surface area contributed by atoms with Crippen molar-refractivity contribution in [2.45, 2.75) is 46.1 Å². The average molecular weight is 256 g/mol. The van der Waals surface area contributed by atoms with Gasteiger partial charge in [-0.1, -0.05) is 13.8 Å². The molecule has 0 aromatic carbocycles. The van der Waals surface area contributed by atoms with Gasteiger partial charge in [0.15, 0.2) is 10.8 Å². The SMILES string of the molecule is CCC(C)(CC)Nc1nc(C(=O)OC)c(C)s1. The minimum Gasteiger partial charge on any atom is -0.464 e. The van der Waals surface area contributed by atoms with E-state index in [2.05, 4.69) is 31.1 Å². The van der Waals surface area contributed by atoms with E-state index < -0.39 is 0 Å². The number of esters is 1. The molecular formula is C12H20N2O2S. The van der Waals surface area contributed by atoms with Crippen LogP contribution in [0, 0.1) is 6.92 Å². The van der Waals surface area contributed by atoms with Crippen molar-refractivity contribution in [2.24, 2.45) is 0 Å². The number of anilines is 1. The number of nitrogens with one attached hydrogen (secondary N) is 1. The summed E-state index contributed by atoms with van der Waals surface area (Å²) in [6.45, 7) is 8.31. The number of thiazole rings is 1. The maximum Gasteiger partial charge on any atom is 0.357 e. The highest BCUT2D eigenvalue weighted by Gasteiger charge is 2.23. The third-order valence-corrected chi connectivity index (χ3v) is 4.03. The first kappa shape index (κ1) is 14.0. The molecule has 0 spiro atoms. The first-order valence-corrected chi connectivity index (χ1v) is 6.61. The minimum atomic E-state index is -0.374. The van der Waals surface area contributed by atoms with Crippen molar-refractivity contribution < 1.29 is 9.53 Å². The molecule has 0 aliphatic carbocycles. The Labute approximate surface area is 106 Å². The van der Waals surface area contributed by atoms with E-state index >= 15 is 0 Å². The molecule has 0 saturated carbocycles. The summed E-state index contributed by atoms with van der Waals surface area (Å²) >= 11 is 1.49. The lowest BCUT2D eigenvalue weighted by Gasteiger charge is -2.27. The van der Waals surface area contributed by atoms with E-state index in [-0.39, 0.29) is 11.5 Å². The first-order chi connectivity index (χ1) is 7.95. The van der Waals surface area contributed by atoms with Gasteiger partial charge in [0.2, 0.25) is 0 Å². The number of ether oxygens (including phenoxy) is 1. The largest absolute Gasteiger partial charge is 0.464 e. The van der Waals surface area contributed by atoms with E-state index in [0.717, 1.165) is 22.9 Å². The Morgan fingerprint density at radius 2 is 2.06 bits per heavy atom. The number of aromatic nitrogens is 1. The van der Waals surface area contributed by atoms with Gasteiger partial charge < -0.3 is 10.1 Å². The van der Waals surface area contributed by atoms with Gasteiger partial charge in [0.1, 0.15) is 0 Å². The zero-order chi connectivity index (χ0) is 13.1. The number of hydrogen-bond acceptors (Lipinski definition) is 5. The van der Waals surface area contributed by atoms with E-state index in [1.807, 2.05) is 6.92 Å². The number of carbonyl (C=O) groups is 1. The molecule has 0 unspecified atom stereocenters. The second-order valence-electron chi connectivity index (χ2n) is 4.31. The zero-order valence-electron chi connectivity index (χ0n) is 11.1. The number of rotatable bonds is 5. The number of hydrogen-bond donors (Lipinski definition) is 1. The highest BCUT2D eigenvalue weighted by molar-refractivity contribution is 7.15. The van der Waals surface area contributed by atoms with Crippen LogP contribution in [-0.2, 0) is 4.74 Å². The Hall–Kier alpha value is -1.10. The van der Waals surface area contributed by atoms with Crippen LogP contribution < -0.4 is 5.32 Å². The standard InChI is InChI=1S/C12H20N2O2S/c1-6-12(4,7-2)14-11-13-9(8(3)17-11)10(15)16-5/h6-7H2,1-5H3,(H,13,14). The third kappa shape index (κ3) is 3.19. The van der Waals surface area contributed by atoms with E-state index in [1.165, 1.54) is 18.4 Å². The normalized spacial score (nSPS) is 11.4. The summed E-state index contributed by atoms with van der Waals surface area (Å²) in [5.41, 5.74) is 0.437. The molecule has 17 heavy (non-hydrogen) atoms. The Balaban J connectivity index is 2.91. The molecule has 0 amide bonds. The number of nitrogens with zero attached hydrogens (tertiary/aromatic N) is 1. The van der Waals surface area contributed by atoms with Crippen LogP contribution in [0.3, 0.4) is 0 Å². The second-order valence-corrected chi connectivity index (χ2v) is 5.51. The highest BCUT2D eigenvalue weighted by atomic mass is 32.1. The van der Waals surface area contributed by atoms with Gasteiger partial charge in [0.25, 0.3) is 0 Å². The summed E-state index contributed by atoms with van der Waals surface area (Å²) < 4.78 is 4.69. The summed E-state index contributed by atoms with van der Waals surface area (Å²) in [6.07, 6.45) is 2.02. The molecule has 1 aromatic rings. The molecule has 1 rings (SSSR count). The van der Waals surface area contributed by atoms with Crippen LogP contribution in [0.2, 0.25) is 0 Å². The van der Waals surface area contributed by atoms with Crippen LogP contribution in [0.1, 0.15) is 49.0 Å². The average Bonchev–Trinajstić information content (AvgIpc) is 2.68. The van der Waals surface area contributed by atoms with Crippen molar-refractivity contribution in [3.63, 3.8) is 0 Å². The number of carbonyl (C=O) groups excluding carboxylic acids is 1. The number of methoxy groups -OCH3 is 1. The molecule has 0 saturated heterocycles. The van der Waals surface area contributed by atoms with E-state index in [1.54, 1.807) is 0 Å². The van der Waals surface area contributed by atoms with Crippen molar-refractivity contribution in [1.82, 2.24) is 4.98 Å². The van der Waals surface area contributed by atoms with Crippen molar-refractivity contribution in [2.75, 3.05) is 12.4 Å². The summed E-state index contributed by atoms with van der Waals surface area (Å²) in [6, 6.07) is 0. The van der Waals surface area contributed by atoms with Gasteiger partial charge in [-0.25, -0.2) is 9.78 Å². The zero-order valence-corrected chi connectivity index (χ0v) is 11.9. The highest BCUT2D eigenvalue weighted by Crippen LogP contribution is 2.27. The van der Waals surface area contributed by atoms with Crippen molar-refractivity contribution in [3.05, 3.63) is 10.6 Å². The predicted octanol–water partition coefficient (Wildman–Crippen LogP) is 3.23. The molecule has 0 bridgehead atoms. The van der Waals surface area contributed by atoms with Gasteiger partial charge in [-0.15, -0.1) is 11.3 Å². The fraction of sp³-hybridized carbons (Fsp3) is 0.667. The monoisotopic (exact) mass is 256 g/mol. The smallest absolute Gasteiger partial charge is 0.357 e. The summed E-state index contributed by atoms with van der Waals surface area (Å²) in [4.78, 5) is 16.6. The molecule has 96 valence electrons. The Bertz CT molecular complexity index is 397. The molecule has 5 heteroatoms. The predicted molar refractivity (Wildman–Crippen MR) is 70.8 cm³/mol. The van der Waals surface area contributed by atoms with E-state index in [4.69, 9.17) is 4.74 Å². The Morgan fingerprint density at radius 1 is 1.47 bits per heavy atom. The van der Waals surface area contributed by atoms with Crippen LogP contribution >= 0.6 is 11.3 Å². The molecule has 0 fully saturated rings. The maximum absolute atomic E-state index is 11.4. The van der Waals surface area contributed by atoms with Crippen LogP contribution in [-0.4, -0.2) is 23.6 Å². The van der Waals surface area contributed by atoms with Crippen LogP contribution in [0.15, 0.2) is 0 Å². The minimum absolute atomic E-state index is 0.0255. The number of aryl methyl sites for hydroxylation is 1. The Morgan fingerprint density at radius 3 is 2.53 bits per heavy atom. The van der Waals surface area contributed by atoms with Crippen molar-refractivity contribution >= 4 is 22.4 Å². The molecule has 0 aliphatic rings. The molecule has 0 radical (unpaired) electrons. The van der Waals surface area contributed by atoms with Gasteiger partial charge in [-0.2, -0.15) is 0 Å². The second kappa shape index (κ2) is 5.49. The van der Waals surface area contributed by atoms with Gasteiger partial charge in [0, 0.05) is 10.4 Å². The van der Waals surface area contributed by atoms with Crippen LogP contribution in [0.4, 0.5) is 5.13 Å². The van der Waals surface area contributed by atoms with Gasteiger partial charge in [-0.05, 0) is 26.7 Å². The van der Waals surface area contributed by atoms with Gasteiger partial charge in [0.05, 0.1) is 7.11 Å². The summed E-state index contributed by atoms with van der Waals surface area (Å²) in [5, 5.41) is 4.18. The topological polar surface area (TPSA) is 51.2 Å². The van der Waals surface area contributed by atoms with Gasteiger partial charge >= 0.3 is 5.97 Å². The lowest BCUT2D eigenvalue weighted by molar-refractivity contribution is 0.0594. The molecule has 1 heterocycles. The Kier molecular flexibility index (Phi) is 4.51. The van der Waals surface area contributed by atoms with E-state index in [0.29, 0.717) is 5.69 Å². The quantitative estimate of drug-likeness (QED) is 0.822. The lowest BCUT2D eigenvalue weighted by atomic mass is 9.96. The molecule has 0 aliphatic heterocycles. The molecule has 0 atom stereocenters. The molecular weight excluding hydrogens is 236 g/mol. The van der Waals surface area contributed by atoms with E-state index in [9.17, 15) is 4.79 Å². The first-order valence-electron chi connectivity index (χ1n) is 5.79. The van der Waals surface area contributed by atoms with Crippen LogP contribution in [0.5, 0.6) is 0 Å². The third-order valence-electron chi connectivity index (χ3n) is 3.14. The lowest BCUT2D eigenvalue weighted by Crippen LogP contribution is -2.32. The van der Waals surface area contributed by atoms with Crippen molar-refractivity contribution in [1.29, 1.82) is 0 Å². The molecule has 1 N–H and O–H groups in total. The molecule has 1 aromatic heterocycles. The van der Waals surface area contributed by atoms with Crippen LogP contribution in [0.25, 0.3) is 0 Å². The summed E-state index contributed by atoms with van der Waals surface area (Å²) in [7, 11) is 1.37. The van der Waals surface area contributed by atoms with Crippen molar-refractivity contribution in [3.8, 4) is 0 Å². The fourth-order valence-electron chi connectivity index (χ4n) is 1.42. The summed E-state index contributed by atoms with van der Waals surface area (Å²) in [5.74, 6) is -0.374. The molecule has 4 nitrogen and oxygen atoms in total.